The van der Waals surface area contributed by atoms with E-state index < -0.39 is 0 Å². The number of hydrogen-bond acceptors (Lipinski definition) is 3. The molecule has 0 radical (unpaired) electrons. The number of Topliss-reactive ketones (excluding diaryl/α,β-unsaturated/α-hetero) is 1. The van der Waals surface area contributed by atoms with Crippen LogP contribution in [0, 0.1) is 0 Å². The van der Waals surface area contributed by atoms with E-state index >= 15 is 0 Å². The van der Waals surface area contributed by atoms with Crippen molar-refractivity contribution in [2.24, 2.45) is 0 Å². The maximum Gasteiger partial charge on any atom is 0.167 e. The summed E-state index contributed by atoms with van der Waals surface area (Å²) in [4.78, 5) is 14.8. The van der Waals surface area contributed by atoms with Crippen LogP contribution in [-0.4, -0.2) is 36.9 Å². The van der Waals surface area contributed by atoms with Crippen LogP contribution < -0.4 is 4.74 Å². The maximum atomic E-state index is 12.3. The summed E-state index contributed by atoms with van der Waals surface area (Å²) >= 11 is 0. The summed E-state index contributed by atoms with van der Waals surface area (Å²) in [6, 6.07) is 17.4. The Balaban J connectivity index is 1.47. The average Bonchev–Trinajstić information content (AvgIpc) is 2.64. The number of piperidine rings is 1. The topological polar surface area (TPSA) is 29.5 Å². The molecule has 0 N–H and O–H groups in total. The average molecular weight is 323 g/mol. The molecule has 3 rings (SSSR count). The van der Waals surface area contributed by atoms with Gasteiger partial charge in [-0.15, -0.1) is 0 Å². The highest BCUT2D eigenvalue weighted by Crippen LogP contribution is 2.15. The maximum absolute atomic E-state index is 12.3. The van der Waals surface area contributed by atoms with Gasteiger partial charge in [-0.05, 0) is 55.8 Å². The second kappa shape index (κ2) is 8.65. The smallest absolute Gasteiger partial charge is 0.167 e. The predicted molar refractivity (Wildman–Crippen MR) is 96.7 cm³/mol. The lowest BCUT2D eigenvalue weighted by atomic mass is 10.0. The lowest BCUT2D eigenvalue weighted by molar-refractivity contribution is 0.0993. The third-order valence-corrected chi connectivity index (χ3v) is 4.51. The van der Waals surface area contributed by atoms with Gasteiger partial charge in [0.1, 0.15) is 12.4 Å². The molecule has 1 aliphatic heterocycles. The van der Waals surface area contributed by atoms with Crippen molar-refractivity contribution in [3.63, 3.8) is 0 Å². The van der Waals surface area contributed by atoms with Gasteiger partial charge >= 0.3 is 0 Å². The van der Waals surface area contributed by atoms with Crippen LogP contribution in [0.15, 0.2) is 54.6 Å². The molecule has 126 valence electrons. The van der Waals surface area contributed by atoms with Crippen molar-refractivity contribution in [1.82, 2.24) is 4.90 Å². The third-order valence-electron chi connectivity index (χ3n) is 4.51. The fourth-order valence-corrected chi connectivity index (χ4v) is 3.10. The van der Waals surface area contributed by atoms with E-state index in [1.807, 2.05) is 54.6 Å². The number of nitrogens with zero attached hydrogens (tertiary/aromatic N) is 1. The minimum atomic E-state index is 0.140. The largest absolute Gasteiger partial charge is 0.492 e. The van der Waals surface area contributed by atoms with Crippen LogP contribution in [0.1, 0.15) is 35.2 Å². The van der Waals surface area contributed by atoms with E-state index in [1.165, 1.54) is 32.4 Å². The molecule has 0 aliphatic carbocycles. The van der Waals surface area contributed by atoms with Gasteiger partial charge in [0.05, 0.1) is 0 Å². The van der Waals surface area contributed by atoms with Gasteiger partial charge in [0, 0.05) is 18.5 Å². The van der Waals surface area contributed by atoms with Crippen LogP contribution >= 0.6 is 0 Å². The Morgan fingerprint density at radius 1 is 0.917 bits per heavy atom. The lowest BCUT2D eigenvalue weighted by Gasteiger charge is -2.26. The lowest BCUT2D eigenvalue weighted by Crippen LogP contribution is -2.33. The SMILES string of the molecule is O=C(Cc1ccccc1)c1ccc(OCCN2CCCCC2)cc1. The van der Waals surface area contributed by atoms with Gasteiger partial charge < -0.3 is 4.74 Å². The Morgan fingerprint density at radius 2 is 1.62 bits per heavy atom. The predicted octanol–water partition coefficient (Wildman–Crippen LogP) is 3.98. The van der Waals surface area contributed by atoms with Crippen LogP contribution in [0.2, 0.25) is 0 Å². The second-order valence-corrected chi connectivity index (χ2v) is 6.36. The van der Waals surface area contributed by atoms with Crippen molar-refractivity contribution in [3.05, 3.63) is 65.7 Å². The molecule has 0 aromatic heterocycles. The quantitative estimate of drug-likeness (QED) is 0.722. The number of carbonyl (C=O) groups is 1. The Labute approximate surface area is 144 Å². The summed E-state index contributed by atoms with van der Waals surface area (Å²) in [7, 11) is 0. The molecule has 24 heavy (non-hydrogen) atoms. The van der Waals surface area contributed by atoms with E-state index in [4.69, 9.17) is 4.74 Å². The Bertz CT molecular complexity index is 631. The van der Waals surface area contributed by atoms with Crippen molar-refractivity contribution in [1.29, 1.82) is 0 Å². The first-order valence-electron chi connectivity index (χ1n) is 8.83. The van der Waals surface area contributed by atoms with Crippen molar-refractivity contribution in [2.45, 2.75) is 25.7 Å². The summed E-state index contributed by atoms with van der Waals surface area (Å²) in [5.41, 5.74) is 1.78. The van der Waals surface area contributed by atoms with Gasteiger partial charge in [-0.25, -0.2) is 0 Å². The fourth-order valence-electron chi connectivity index (χ4n) is 3.10. The van der Waals surface area contributed by atoms with Crippen LogP contribution in [0.25, 0.3) is 0 Å². The van der Waals surface area contributed by atoms with Crippen molar-refractivity contribution >= 4 is 5.78 Å². The number of benzene rings is 2. The van der Waals surface area contributed by atoms with Gasteiger partial charge in [0.2, 0.25) is 0 Å². The van der Waals surface area contributed by atoms with Crippen LogP contribution in [0.5, 0.6) is 5.75 Å². The molecule has 0 unspecified atom stereocenters. The molecule has 0 spiro atoms. The second-order valence-electron chi connectivity index (χ2n) is 6.36. The van der Waals surface area contributed by atoms with E-state index in [9.17, 15) is 4.79 Å². The fraction of sp³-hybridized carbons (Fsp3) is 0.381. The zero-order chi connectivity index (χ0) is 16.6. The molecule has 1 heterocycles. The molecular weight excluding hydrogens is 298 g/mol. The molecule has 1 aliphatic rings. The van der Waals surface area contributed by atoms with Crippen LogP contribution in [-0.2, 0) is 6.42 Å². The molecule has 3 nitrogen and oxygen atoms in total. The number of hydrogen-bond donors (Lipinski definition) is 0. The van der Waals surface area contributed by atoms with E-state index in [0.717, 1.165) is 23.4 Å². The molecule has 0 bridgehead atoms. The number of rotatable bonds is 7. The Hall–Kier alpha value is -2.13. The standard InChI is InChI=1S/C21H25NO2/c23-21(17-18-7-3-1-4-8-18)19-9-11-20(12-10-19)24-16-15-22-13-5-2-6-14-22/h1,3-4,7-12H,2,5-6,13-17H2. The van der Waals surface area contributed by atoms with E-state index in [1.54, 1.807) is 0 Å². The molecule has 0 saturated carbocycles. The van der Waals surface area contributed by atoms with Gasteiger partial charge in [-0.1, -0.05) is 36.8 Å². The monoisotopic (exact) mass is 323 g/mol. The number of carbonyl (C=O) groups excluding carboxylic acids is 1. The summed E-state index contributed by atoms with van der Waals surface area (Å²) in [5, 5.41) is 0. The van der Waals surface area contributed by atoms with E-state index in [0.29, 0.717) is 13.0 Å². The number of ketones is 1. The normalized spacial score (nSPS) is 15.2. The molecule has 3 heteroatoms. The van der Waals surface area contributed by atoms with Crippen molar-refractivity contribution in [3.8, 4) is 5.75 Å². The number of likely N-dealkylation sites (tertiary alicyclic amines) is 1. The first kappa shape index (κ1) is 16.7. The van der Waals surface area contributed by atoms with E-state index in [2.05, 4.69) is 4.90 Å². The third kappa shape index (κ3) is 4.93. The van der Waals surface area contributed by atoms with Crippen LogP contribution in [0.3, 0.4) is 0 Å². The first-order chi connectivity index (χ1) is 11.8. The molecule has 1 fully saturated rings. The molecule has 0 atom stereocenters. The summed E-state index contributed by atoms with van der Waals surface area (Å²) < 4.78 is 5.81. The summed E-state index contributed by atoms with van der Waals surface area (Å²) in [5.74, 6) is 0.976. The molecular formula is C21H25NO2. The molecule has 2 aromatic rings. The first-order valence-corrected chi connectivity index (χ1v) is 8.83. The van der Waals surface area contributed by atoms with Gasteiger partial charge in [0.15, 0.2) is 5.78 Å². The highest BCUT2D eigenvalue weighted by Gasteiger charge is 2.10. The molecule has 2 aromatic carbocycles. The van der Waals surface area contributed by atoms with Crippen molar-refractivity contribution in [2.75, 3.05) is 26.2 Å². The summed E-state index contributed by atoms with van der Waals surface area (Å²) in [6.07, 6.45) is 4.41. The highest BCUT2D eigenvalue weighted by atomic mass is 16.5. The minimum Gasteiger partial charge on any atom is -0.492 e. The minimum absolute atomic E-state index is 0.140. The van der Waals surface area contributed by atoms with Gasteiger partial charge in [-0.3, -0.25) is 9.69 Å². The molecule has 0 amide bonds. The Morgan fingerprint density at radius 3 is 2.33 bits per heavy atom. The summed E-state index contributed by atoms with van der Waals surface area (Å²) in [6.45, 7) is 4.07. The zero-order valence-corrected chi connectivity index (χ0v) is 14.1. The zero-order valence-electron chi connectivity index (χ0n) is 14.1. The van der Waals surface area contributed by atoms with E-state index in [-0.39, 0.29) is 5.78 Å². The van der Waals surface area contributed by atoms with Crippen molar-refractivity contribution < 1.29 is 9.53 Å². The Kier molecular flexibility index (Phi) is 6.02. The van der Waals surface area contributed by atoms with Gasteiger partial charge in [0.25, 0.3) is 0 Å². The molecule has 1 saturated heterocycles. The van der Waals surface area contributed by atoms with Gasteiger partial charge in [-0.2, -0.15) is 0 Å². The van der Waals surface area contributed by atoms with Crippen LogP contribution in [0.4, 0.5) is 0 Å². The number of ether oxygens (including phenoxy) is 1. The highest BCUT2D eigenvalue weighted by molar-refractivity contribution is 5.97.